The summed E-state index contributed by atoms with van der Waals surface area (Å²) in [6, 6.07) is 4.73. The monoisotopic (exact) mass is 435 g/mol. The number of nitrogens with zero attached hydrogens (tertiary/aromatic N) is 1. The zero-order valence-corrected chi connectivity index (χ0v) is 18.0. The van der Waals surface area contributed by atoms with E-state index in [1.165, 1.54) is 32.0 Å². The Kier molecular flexibility index (Phi) is 7.04. The zero-order valence-electron chi connectivity index (χ0n) is 17.2. The summed E-state index contributed by atoms with van der Waals surface area (Å²) >= 11 is 1.33. The summed E-state index contributed by atoms with van der Waals surface area (Å²) in [6.45, 7) is 0.972. The lowest BCUT2D eigenvalue weighted by molar-refractivity contribution is -0.137. The van der Waals surface area contributed by atoms with Crippen LogP contribution in [-0.2, 0) is 14.3 Å². The van der Waals surface area contributed by atoms with Gasteiger partial charge < -0.3 is 24.2 Å². The molecule has 0 spiro atoms. The number of amides is 1. The predicted octanol–water partition coefficient (Wildman–Crippen LogP) is 2.37. The third kappa shape index (κ3) is 4.32. The minimum absolute atomic E-state index is 0.0274. The molecular weight excluding hydrogens is 410 g/mol. The molecule has 1 N–H and O–H groups in total. The fourth-order valence-electron chi connectivity index (χ4n) is 3.84. The number of methoxy groups -OCH3 is 2. The third-order valence-corrected chi connectivity index (χ3v) is 6.18. The maximum absolute atomic E-state index is 13.4. The van der Waals surface area contributed by atoms with Gasteiger partial charge in [-0.3, -0.25) is 14.4 Å². The lowest BCUT2D eigenvalue weighted by Gasteiger charge is -2.27. The quantitative estimate of drug-likeness (QED) is 0.590. The molecule has 0 bridgehead atoms. The molecule has 0 aliphatic carbocycles. The van der Waals surface area contributed by atoms with Gasteiger partial charge in [0.05, 0.1) is 26.7 Å². The van der Waals surface area contributed by atoms with E-state index < -0.39 is 29.5 Å². The standard InChI is InChI=1S/C21H25NO7S/c1-27-15-7-6-12(9-16(15)28-2)19(25)18-14(10-17(23)24)20(26)22(21(18)30-3)11-13-5-4-8-29-13/h6-7,9,13,21H,4-5,8,10-11H2,1-3H3,(H,23,24). The largest absolute Gasteiger partial charge is 0.493 e. The second kappa shape index (κ2) is 9.53. The van der Waals surface area contributed by atoms with Crippen molar-refractivity contribution in [2.24, 2.45) is 0 Å². The molecule has 2 heterocycles. The SMILES string of the molecule is COc1ccc(C(=O)C2=C(CC(=O)O)C(=O)N(CC3CCCO3)C2SC)cc1OC. The van der Waals surface area contributed by atoms with Crippen LogP contribution in [-0.4, -0.2) is 72.8 Å². The van der Waals surface area contributed by atoms with E-state index in [2.05, 4.69) is 0 Å². The number of ketones is 1. The number of aliphatic carboxylic acids is 1. The fourth-order valence-corrected chi connectivity index (χ4v) is 4.76. The third-order valence-electron chi connectivity index (χ3n) is 5.24. The number of carboxylic acids is 1. The Labute approximate surface area is 179 Å². The fraction of sp³-hybridized carbons (Fsp3) is 0.476. The molecule has 1 aromatic carbocycles. The van der Waals surface area contributed by atoms with Crippen LogP contribution in [0.2, 0.25) is 0 Å². The first-order valence-electron chi connectivity index (χ1n) is 9.58. The molecule has 30 heavy (non-hydrogen) atoms. The smallest absolute Gasteiger partial charge is 0.308 e. The number of carbonyl (C=O) groups is 3. The van der Waals surface area contributed by atoms with Gasteiger partial charge in [0.25, 0.3) is 5.91 Å². The van der Waals surface area contributed by atoms with Gasteiger partial charge in [-0.15, -0.1) is 11.8 Å². The number of hydrogen-bond donors (Lipinski definition) is 1. The van der Waals surface area contributed by atoms with Gasteiger partial charge in [0.2, 0.25) is 0 Å². The summed E-state index contributed by atoms with van der Waals surface area (Å²) in [5.74, 6) is -1.12. The van der Waals surface area contributed by atoms with Crippen LogP contribution in [0.3, 0.4) is 0 Å². The second-order valence-electron chi connectivity index (χ2n) is 7.04. The van der Waals surface area contributed by atoms with E-state index in [4.69, 9.17) is 14.2 Å². The molecule has 0 aromatic heterocycles. The van der Waals surface area contributed by atoms with E-state index in [9.17, 15) is 19.5 Å². The Hall–Kier alpha value is -2.52. The van der Waals surface area contributed by atoms with E-state index >= 15 is 0 Å². The summed E-state index contributed by atoms with van der Waals surface area (Å²) in [7, 11) is 2.96. The van der Waals surface area contributed by atoms with Crippen molar-refractivity contribution in [1.82, 2.24) is 4.90 Å². The Balaban J connectivity index is 2.00. The molecule has 162 valence electrons. The predicted molar refractivity (Wildman–Crippen MR) is 111 cm³/mol. The number of thioether (sulfide) groups is 1. The highest BCUT2D eigenvalue weighted by Crippen LogP contribution is 2.38. The van der Waals surface area contributed by atoms with Crippen molar-refractivity contribution in [2.75, 3.05) is 33.6 Å². The molecular formula is C21H25NO7S. The first kappa shape index (κ1) is 22.2. The van der Waals surface area contributed by atoms with Gasteiger partial charge in [-0.25, -0.2) is 0 Å². The first-order chi connectivity index (χ1) is 14.4. The molecule has 8 nitrogen and oxygen atoms in total. The normalized spacial score (nSPS) is 21.3. The van der Waals surface area contributed by atoms with Gasteiger partial charge in [-0.05, 0) is 37.3 Å². The highest BCUT2D eigenvalue weighted by molar-refractivity contribution is 7.99. The summed E-state index contributed by atoms with van der Waals surface area (Å²) in [5, 5.41) is 8.78. The van der Waals surface area contributed by atoms with Crippen molar-refractivity contribution in [3.63, 3.8) is 0 Å². The van der Waals surface area contributed by atoms with Crippen molar-refractivity contribution < 1.29 is 33.7 Å². The molecule has 2 atom stereocenters. The van der Waals surface area contributed by atoms with E-state index in [1.54, 1.807) is 23.3 Å². The van der Waals surface area contributed by atoms with E-state index in [0.717, 1.165) is 12.8 Å². The number of ether oxygens (including phenoxy) is 3. The van der Waals surface area contributed by atoms with Gasteiger partial charge in [0.15, 0.2) is 17.3 Å². The van der Waals surface area contributed by atoms with Crippen LogP contribution in [0.15, 0.2) is 29.3 Å². The van der Waals surface area contributed by atoms with E-state index in [1.807, 2.05) is 0 Å². The number of carbonyl (C=O) groups excluding carboxylic acids is 2. The number of benzene rings is 1. The van der Waals surface area contributed by atoms with Crippen LogP contribution in [0, 0.1) is 0 Å². The molecule has 0 radical (unpaired) electrons. The molecule has 2 aliphatic rings. The van der Waals surface area contributed by atoms with Crippen molar-refractivity contribution in [3.05, 3.63) is 34.9 Å². The van der Waals surface area contributed by atoms with Gasteiger partial charge in [-0.2, -0.15) is 0 Å². The topological polar surface area (TPSA) is 102 Å². The van der Waals surface area contributed by atoms with Crippen molar-refractivity contribution in [3.8, 4) is 11.5 Å². The van der Waals surface area contributed by atoms with E-state index in [-0.39, 0.29) is 17.3 Å². The number of rotatable bonds is 9. The van der Waals surface area contributed by atoms with Crippen LogP contribution in [0.5, 0.6) is 11.5 Å². The molecule has 1 fully saturated rings. The number of Topliss-reactive ketones (excluding diaryl/α,β-unsaturated/α-hetero) is 1. The lowest BCUT2D eigenvalue weighted by Crippen LogP contribution is -2.40. The van der Waals surface area contributed by atoms with Gasteiger partial charge >= 0.3 is 5.97 Å². The van der Waals surface area contributed by atoms with Crippen molar-refractivity contribution in [1.29, 1.82) is 0 Å². The average Bonchev–Trinajstić information content (AvgIpc) is 3.34. The Morgan fingerprint density at radius 1 is 1.27 bits per heavy atom. The summed E-state index contributed by atoms with van der Waals surface area (Å²) < 4.78 is 16.1. The summed E-state index contributed by atoms with van der Waals surface area (Å²) in [4.78, 5) is 39.6. The molecule has 1 amide bonds. The molecule has 2 aliphatic heterocycles. The lowest BCUT2D eigenvalue weighted by atomic mass is 9.98. The van der Waals surface area contributed by atoms with Crippen LogP contribution in [0.1, 0.15) is 29.6 Å². The summed E-state index contributed by atoms with van der Waals surface area (Å²) in [6.07, 6.45) is 2.94. The van der Waals surface area contributed by atoms with Crippen LogP contribution >= 0.6 is 11.8 Å². The van der Waals surface area contributed by atoms with Crippen molar-refractivity contribution >= 4 is 29.4 Å². The van der Waals surface area contributed by atoms with Gasteiger partial charge in [-0.1, -0.05) is 0 Å². The average molecular weight is 435 g/mol. The minimum Gasteiger partial charge on any atom is -0.493 e. The molecule has 3 rings (SSSR count). The van der Waals surface area contributed by atoms with E-state index in [0.29, 0.717) is 30.2 Å². The van der Waals surface area contributed by atoms with Crippen LogP contribution in [0.4, 0.5) is 0 Å². The first-order valence-corrected chi connectivity index (χ1v) is 10.9. The number of hydrogen-bond acceptors (Lipinski definition) is 7. The Bertz CT molecular complexity index is 876. The molecule has 1 saturated heterocycles. The number of carboxylic acid groups (broad SMARTS) is 1. The molecule has 9 heteroatoms. The van der Waals surface area contributed by atoms with Crippen molar-refractivity contribution in [2.45, 2.75) is 30.7 Å². The molecule has 2 unspecified atom stereocenters. The zero-order chi connectivity index (χ0) is 21.8. The minimum atomic E-state index is -1.16. The Morgan fingerprint density at radius 3 is 2.57 bits per heavy atom. The highest BCUT2D eigenvalue weighted by Gasteiger charge is 2.43. The second-order valence-corrected chi connectivity index (χ2v) is 7.96. The molecule has 0 saturated carbocycles. The Morgan fingerprint density at radius 2 is 2.00 bits per heavy atom. The summed E-state index contributed by atoms with van der Waals surface area (Å²) in [5.41, 5.74) is 0.538. The van der Waals surface area contributed by atoms with Gasteiger partial charge in [0.1, 0.15) is 5.37 Å². The highest BCUT2D eigenvalue weighted by atomic mass is 32.2. The maximum Gasteiger partial charge on any atom is 0.308 e. The molecule has 1 aromatic rings. The van der Waals surface area contributed by atoms with Crippen LogP contribution < -0.4 is 9.47 Å². The van der Waals surface area contributed by atoms with Gasteiger partial charge in [0, 0.05) is 29.9 Å². The van der Waals surface area contributed by atoms with Crippen LogP contribution in [0.25, 0.3) is 0 Å². The maximum atomic E-state index is 13.4.